The molecule has 3 aromatic rings. The van der Waals surface area contributed by atoms with E-state index >= 15 is 0 Å². The number of urea groups is 1. The van der Waals surface area contributed by atoms with Gasteiger partial charge in [0.05, 0.1) is 5.69 Å². The summed E-state index contributed by atoms with van der Waals surface area (Å²) in [4.78, 5) is 27.3. The lowest BCUT2D eigenvalue weighted by Gasteiger charge is -2.39. The van der Waals surface area contributed by atoms with Crippen molar-refractivity contribution in [2.24, 2.45) is 0 Å². The zero-order chi connectivity index (χ0) is 21.8. The van der Waals surface area contributed by atoms with Gasteiger partial charge >= 0.3 is 6.03 Å². The number of nitrogens with zero attached hydrogens (tertiary/aromatic N) is 4. The van der Waals surface area contributed by atoms with Crippen molar-refractivity contribution in [2.45, 2.75) is 32.4 Å². The third-order valence-electron chi connectivity index (χ3n) is 5.95. The van der Waals surface area contributed by atoms with E-state index in [1.54, 1.807) is 4.90 Å². The quantitative estimate of drug-likeness (QED) is 0.663. The van der Waals surface area contributed by atoms with Crippen LogP contribution in [0.3, 0.4) is 0 Å². The highest BCUT2D eigenvalue weighted by molar-refractivity contribution is 5.92. The number of aryl methyl sites for hydroxylation is 1. The number of rotatable bonds is 5. The van der Waals surface area contributed by atoms with Gasteiger partial charge in [0.1, 0.15) is 5.82 Å². The highest BCUT2D eigenvalue weighted by Gasteiger charge is 2.30. The number of piperidine rings is 1. The van der Waals surface area contributed by atoms with E-state index in [4.69, 9.17) is 4.98 Å². The van der Waals surface area contributed by atoms with Crippen LogP contribution in [0.4, 0.5) is 10.5 Å². The van der Waals surface area contributed by atoms with Crippen LogP contribution in [0.15, 0.2) is 60.7 Å². The maximum Gasteiger partial charge on any atom is 0.324 e. The number of nitrogens with one attached hydrogen (secondary N) is 1. The molecule has 0 bridgehead atoms. The van der Waals surface area contributed by atoms with Crippen LogP contribution in [0.25, 0.3) is 11.4 Å². The summed E-state index contributed by atoms with van der Waals surface area (Å²) in [6.45, 7) is 4.81. The van der Waals surface area contributed by atoms with Gasteiger partial charge in [0.25, 0.3) is 0 Å². The molecule has 1 saturated heterocycles. The van der Waals surface area contributed by atoms with Crippen LogP contribution in [0.1, 0.15) is 24.2 Å². The van der Waals surface area contributed by atoms with Crippen molar-refractivity contribution in [3.63, 3.8) is 0 Å². The Morgan fingerprint density at radius 1 is 1.03 bits per heavy atom. The topological polar surface area (TPSA) is 55.5 Å². The number of imidazole rings is 1. The number of carbonyl (C=O) groups is 1. The molecule has 1 fully saturated rings. The van der Waals surface area contributed by atoms with Crippen LogP contribution in [0.2, 0.25) is 0 Å². The van der Waals surface area contributed by atoms with Gasteiger partial charge in [-0.25, -0.2) is 9.78 Å². The number of H-pyrrole nitrogens is 1. The monoisotopic (exact) mass is 417 g/mol. The number of aromatic amines is 1. The molecule has 4 rings (SSSR count). The summed E-state index contributed by atoms with van der Waals surface area (Å²) in [5, 5.41) is 0. The van der Waals surface area contributed by atoms with Crippen molar-refractivity contribution in [1.29, 1.82) is 0 Å². The van der Waals surface area contributed by atoms with Crippen molar-refractivity contribution >= 4 is 11.7 Å². The number of aromatic nitrogens is 2. The molecular formula is C25H31N5O. The Labute approximate surface area is 184 Å². The average molecular weight is 418 g/mol. The van der Waals surface area contributed by atoms with Gasteiger partial charge in [-0.2, -0.15) is 0 Å². The lowest BCUT2D eigenvalue weighted by molar-refractivity contribution is 0.189. The number of likely N-dealkylation sites (tertiary alicyclic amines) is 1. The first-order chi connectivity index (χ1) is 15.0. The van der Waals surface area contributed by atoms with E-state index in [1.807, 2.05) is 67.5 Å². The summed E-state index contributed by atoms with van der Waals surface area (Å²) in [5.74, 6) is 0.926. The second-order valence-electron chi connectivity index (χ2n) is 8.41. The second kappa shape index (κ2) is 9.35. The second-order valence-corrected chi connectivity index (χ2v) is 8.41. The summed E-state index contributed by atoms with van der Waals surface area (Å²) in [6.07, 6.45) is 1.90. The molecule has 2 amide bonds. The van der Waals surface area contributed by atoms with E-state index in [1.165, 1.54) is 0 Å². The molecule has 1 N–H and O–H groups in total. The van der Waals surface area contributed by atoms with E-state index in [0.717, 1.165) is 60.9 Å². The Bertz CT molecular complexity index is 991. The number of anilines is 1. The van der Waals surface area contributed by atoms with E-state index in [2.05, 4.69) is 28.9 Å². The molecule has 2 heterocycles. The van der Waals surface area contributed by atoms with E-state index in [0.29, 0.717) is 0 Å². The zero-order valence-electron chi connectivity index (χ0n) is 18.6. The first-order valence-corrected chi connectivity index (χ1v) is 10.9. The standard InChI is InChI=1S/C25H31N5O/c1-19-23(27-24(26-19)20-10-6-4-7-11-20)18-29-16-14-22(15-17-29)30(25(31)28(2)3)21-12-8-5-9-13-21/h4-13,22H,14-18H2,1-3H3,(H,26,27). The van der Waals surface area contributed by atoms with Crippen molar-refractivity contribution in [2.75, 3.05) is 32.1 Å². The fraction of sp³-hybridized carbons (Fsp3) is 0.360. The van der Waals surface area contributed by atoms with Crippen molar-refractivity contribution in [3.8, 4) is 11.4 Å². The number of carbonyl (C=O) groups excluding carboxylic acids is 1. The minimum Gasteiger partial charge on any atom is -0.342 e. The maximum absolute atomic E-state index is 12.9. The molecule has 0 saturated carbocycles. The van der Waals surface area contributed by atoms with E-state index in [9.17, 15) is 4.79 Å². The summed E-state index contributed by atoms with van der Waals surface area (Å²) in [5.41, 5.74) is 4.29. The molecule has 0 spiro atoms. The fourth-order valence-electron chi connectivity index (χ4n) is 4.21. The zero-order valence-corrected chi connectivity index (χ0v) is 18.6. The average Bonchev–Trinajstić information content (AvgIpc) is 3.16. The molecule has 1 aliphatic heterocycles. The van der Waals surface area contributed by atoms with Crippen LogP contribution in [0.5, 0.6) is 0 Å². The van der Waals surface area contributed by atoms with E-state index < -0.39 is 0 Å². The summed E-state index contributed by atoms with van der Waals surface area (Å²) in [6, 6.07) is 20.5. The van der Waals surface area contributed by atoms with Gasteiger partial charge in [0, 0.05) is 56.7 Å². The molecule has 1 aromatic heterocycles. The molecule has 31 heavy (non-hydrogen) atoms. The van der Waals surface area contributed by atoms with Crippen molar-refractivity contribution in [3.05, 3.63) is 72.1 Å². The molecule has 1 aliphatic rings. The molecule has 162 valence electrons. The number of benzene rings is 2. The molecule has 0 aliphatic carbocycles. The van der Waals surface area contributed by atoms with Crippen LogP contribution in [0, 0.1) is 6.92 Å². The number of hydrogen-bond acceptors (Lipinski definition) is 3. The van der Waals surface area contributed by atoms with Gasteiger partial charge in [-0.3, -0.25) is 9.80 Å². The molecule has 0 unspecified atom stereocenters. The van der Waals surface area contributed by atoms with Gasteiger partial charge in [-0.15, -0.1) is 0 Å². The lowest BCUT2D eigenvalue weighted by atomic mass is 10.0. The highest BCUT2D eigenvalue weighted by atomic mass is 16.2. The molecule has 0 atom stereocenters. The van der Waals surface area contributed by atoms with Crippen LogP contribution < -0.4 is 4.90 Å². The fourth-order valence-corrected chi connectivity index (χ4v) is 4.21. The summed E-state index contributed by atoms with van der Waals surface area (Å²) in [7, 11) is 3.64. The highest BCUT2D eigenvalue weighted by Crippen LogP contribution is 2.26. The lowest BCUT2D eigenvalue weighted by Crippen LogP contribution is -2.50. The van der Waals surface area contributed by atoms with Gasteiger partial charge in [-0.1, -0.05) is 48.5 Å². The van der Waals surface area contributed by atoms with Crippen LogP contribution in [-0.2, 0) is 6.54 Å². The number of para-hydroxylation sites is 1. The van der Waals surface area contributed by atoms with Crippen LogP contribution >= 0.6 is 0 Å². The van der Waals surface area contributed by atoms with Gasteiger partial charge in [0.15, 0.2) is 0 Å². The van der Waals surface area contributed by atoms with Gasteiger partial charge < -0.3 is 9.88 Å². The Hall–Kier alpha value is -3.12. The predicted octanol–water partition coefficient (Wildman–Crippen LogP) is 4.54. The summed E-state index contributed by atoms with van der Waals surface area (Å²) < 4.78 is 0. The van der Waals surface area contributed by atoms with Gasteiger partial charge in [0.2, 0.25) is 0 Å². The minimum absolute atomic E-state index is 0.0419. The Morgan fingerprint density at radius 3 is 2.26 bits per heavy atom. The Balaban J connectivity index is 1.42. The van der Waals surface area contributed by atoms with E-state index in [-0.39, 0.29) is 12.1 Å². The molecule has 6 heteroatoms. The Kier molecular flexibility index (Phi) is 6.37. The SMILES string of the molecule is Cc1[nH]c(-c2ccccc2)nc1CN1CCC(N(C(=O)N(C)C)c2ccccc2)CC1. The smallest absolute Gasteiger partial charge is 0.324 e. The Morgan fingerprint density at radius 2 is 1.65 bits per heavy atom. The minimum atomic E-state index is 0.0419. The van der Waals surface area contributed by atoms with Crippen molar-refractivity contribution in [1.82, 2.24) is 19.8 Å². The normalized spacial score (nSPS) is 15.1. The van der Waals surface area contributed by atoms with Crippen LogP contribution in [-0.4, -0.2) is 59.0 Å². The summed E-state index contributed by atoms with van der Waals surface area (Å²) >= 11 is 0. The van der Waals surface area contributed by atoms with Gasteiger partial charge in [-0.05, 0) is 31.9 Å². The number of amides is 2. The first kappa shape index (κ1) is 21.1. The largest absolute Gasteiger partial charge is 0.342 e. The third kappa shape index (κ3) is 4.80. The molecular weight excluding hydrogens is 386 g/mol. The first-order valence-electron chi connectivity index (χ1n) is 10.9. The van der Waals surface area contributed by atoms with Crippen molar-refractivity contribution < 1.29 is 4.79 Å². The third-order valence-corrected chi connectivity index (χ3v) is 5.95. The molecule has 6 nitrogen and oxygen atoms in total. The predicted molar refractivity (Wildman–Crippen MR) is 125 cm³/mol. The molecule has 2 aromatic carbocycles. The number of hydrogen-bond donors (Lipinski definition) is 1. The maximum atomic E-state index is 12.9. The molecule has 0 radical (unpaired) electrons.